The summed E-state index contributed by atoms with van der Waals surface area (Å²) in [4.78, 5) is 29.0. The molecule has 0 bridgehead atoms. The highest BCUT2D eigenvalue weighted by atomic mass is 32.2. The number of thioether (sulfide) groups is 1. The molecule has 1 aliphatic heterocycles. The van der Waals surface area contributed by atoms with Crippen LogP contribution in [0.1, 0.15) is 11.3 Å². The summed E-state index contributed by atoms with van der Waals surface area (Å²) >= 11 is 0.961. The maximum atomic E-state index is 12.8. The van der Waals surface area contributed by atoms with Crippen molar-refractivity contribution in [3.8, 4) is 11.4 Å². The van der Waals surface area contributed by atoms with Crippen LogP contribution >= 0.6 is 11.8 Å². The van der Waals surface area contributed by atoms with Gasteiger partial charge in [0.1, 0.15) is 12.4 Å². The molecule has 0 atom stereocenters. The number of hydrogen-bond acceptors (Lipinski definition) is 5. The molecule has 7 heteroatoms. The average molecular weight is 448 g/mol. The molecule has 1 fully saturated rings. The van der Waals surface area contributed by atoms with Gasteiger partial charge in [-0.05, 0) is 73.3 Å². The van der Waals surface area contributed by atoms with Crippen LogP contribution in [0, 0.1) is 6.92 Å². The van der Waals surface area contributed by atoms with Crippen LogP contribution in [0.3, 0.4) is 0 Å². The molecule has 164 valence electrons. The third-order valence-corrected chi connectivity index (χ3v) is 6.09. The molecular formula is C25H25N3O3S. The highest BCUT2D eigenvalue weighted by molar-refractivity contribution is 8.18. The fraction of sp³-hybridized carbons (Fsp3) is 0.200. The molecule has 3 aromatic rings. The van der Waals surface area contributed by atoms with Gasteiger partial charge in [-0.1, -0.05) is 17.7 Å². The van der Waals surface area contributed by atoms with E-state index in [0.29, 0.717) is 4.91 Å². The molecule has 2 amide bonds. The molecule has 0 unspecified atom stereocenters. The second kappa shape index (κ2) is 9.36. The first-order chi connectivity index (χ1) is 15.4. The second-order valence-electron chi connectivity index (χ2n) is 7.71. The van der Waals surface area contributed by atoms with Crippen molar-refractivity contribution in [3.63, 3.8) is 0 Å². The topological polar surface area (TPSA) is 54.8 Å². The number of rotatable bonds is 7. The maximum absolute atomic E-state index is 12.8. The molecule has 1 aliphatic rings. The van der Waals surface area contributed by atoms with Crippen molar-refractivity contribution in [2.75, 3.05) is 32.1 Å². The highest BCUT2D eigenvalue weighted by Crippen LogP contribution is 2.32. The zero-order valence-electron chi connectivity index (χ0n) is 18.3. The Hall–Kier alpha value is -3.45. The summed E-state index contributed by atoms with van der Waals surface area (Å²) in [5.74, 6) is 0.430. The summed E-state index contributed by atoms with van der Waals surface area (Å²) < 4.78 is 7.68. The lowest BCUT2D eigenvalue weighted by Crippen LogP contribution is -2.32. The standard InChI is InChI=1S/C25H25N3O3S/c1-18-6-12-22(13-7-18)31-16-15-28-24(29)23(32-25(28)30)17-21-5-4-14-27(21)20-10-8-19(9-11-20)26(2)3/h4-14,17H,15-16H2,1-3H3/b23-17-. The van der Waals surface area contributed by atoms with E-state index in [9.17, 15) is 9.59 Å². The van der Waals surface area contributed by atoms with E-state index in [4.69, 9.17) is 4.74 Å². The van der Waals surface area contributed by atoms with Gasteiger partial charge in [0.05, 0.1) is 11.4 Å². The fourth-order valence-corrected chi connectivity index (χ4v) is 4.22. The van der Waals surface area contributed by atoms with E-state index < -0.39 is 0 Å². The predicted octanol–water partition coefficient (Wildman–Crippen LogP) is 4.97. The van der Waals surface area contributed by atoms with Crippen LogP contribution in [0.25, 0.3) is 11.8 Å². The summed E-state index contributed by atoms with van der Waals surface area (Å²) in [5.41, 5.74) is 4.07. The number of carbonyl (C=O) groups excluding carboxylic acids is 2. The summed E-state index contributed by atoms with van der Waals surface area (Å²) in [6, 6.07) is 19.7. The largest absolute Gasteiger partial charge is 0.492 e. The van der Waals surface area contributed by atoms with E-state index >= 15 is 0 Å². The number of carbonyl (C=O) groups is 2. The van der Waals surface area contributed by atoms with E-state index in [1.165, 1.54) is 4.90 Å². The smallest absolute Gasteiger partial charge is 0.293 e. The Balaban J connectivity index is 1.45. The van der Waals surface area contributed by atoms with Gasteiger partial charge in [0.25, 0.3) is 11.1 Å². The number of ether oxygens (including phenoxy) is 1. The van der Waals surface area contributed by atoms with Gasteiger partial charge in [-0.3, -0.25) is 14.5 Å². The average Bonchev–Trinajstić information content (AvgIpc) is 3.35. The van der Waals surface area contributed by atoms with E-state index in [-0.39, 0.29) is 24.3 Å². The van der Waals surface area contributed by atoms with Gasteiger partial charge >= 0.3 is 0 Å². The van der Waals surface area contributed by atoms with Crippen LogP contribution in [0.4, 0.5) is 10.5 Å². The predicted molar refractivity (Wildman–Crippen MR) is 129 cm³/mol. The Morgan fingerprint density at radius 1 is 1.00 bits per heavy atom. The SMILES string of the molecule is Cc1ccc(OCCN2C(=O)S/C(=C\c3cccn3-c3ccc(N(C)C)cc3)C2=O)cc1. The van der Waals surface area contributed by atoms with Crippen LogP contribution in [0.2, 0.25) is 0 Å². The molecule has 1 saturated heterocycles. The first kappa shape index (κ1) is 21.8. The number of anilines is 1. The van der Waals surface area contributed by atoms with Gasteiger partial charge in [-0.2, -0.15) is 0 Å². The Bertz CT molecular complexity index is 1150. The zero-order valence-corrected chi connectivity index (χ0v) is 19.1. The quantitative estimate of drug-likeness (QED) is 0.479. The molecule has 32 heavy (non-hydrogen) atoms. The molecular weight excluding hydrogens is 422 g/mol. The van der Waals surface area contributed by atoms with Crippen molar-refractivity contribution in [1.29, 1.82) is 0 Å². The molecule has 0 N–H and O–H groups in total. The summed E-state index contributed by atoms with van der Waals surface area (Å²) in [7, 11) is 4.00. The number of benzene rings is 2. The van der Waals surface area contributed by atoms with Crippen LogP contribution in [0.5, 0.6) is 5.75 Å². The summed E-state index contributed by atoms with van der Waals surface area (Å²) in [6.45, 7) is 2.47. The van der Waals surface area contributed by atoms with Crippen molar-refractivity contribution in [2.45, 2.75) is 6.92 Å². The number of amides is 2. The van der Waals surface area contributed by atoms with Crippen LogP contribution in [-0.2, 0) is 4.79 Å². The highest BCUT2D eigenvalue weighted by Gasteiger charge is 2.35. The Kier molecular flexibility index (Phi) is 6.37. The third-order valence-electron chi connectivity index (χ3n) is 5.18. The van der Waals surface area contributed by atoms with Crippen molar-refractivity contribution in [1.82, 2.24) is 9.47 Å². The summed E-state index contributed by atoms with van der Waals surface area (Å²) in [5, 5.41) is -0.276. The first-order valence-electron chi connectivity index (χ1n) is 10.3. The third kappa shape index (κ3) is 4.73. The lowest BCUT2D eigenvalue weighted by atomic mass is 10.2. The zero-order chi connectivity index (χ0) is 22.7. The fourth-order valence-electron chi connectivity index (χ4n) is 3.37. The monoisotopic (exact) mass is 447 g/mol. The minimum atomic E-state index is -0.289. The maximum Gasteiger partial charge on any atom is 0.293 e. The van der Waals surface area contributed by atoms with Gasteiger partial charge in [0, 0.05) is 37.4 Å². The van der Waals surface area contributed by atoms with E-state index in [1.54, 1.807) is 6.08 Å². The number of nitrogens with zero attached hydrogens (tertiary/aromatic N) is 3. The number of imide groups is 1. The van der Waals surface area contributed by atoms with E-state index in [1.807, 2.05) is 97.3 Å². The number of hydrogen-bond donors (Lipinski definition) is 0. The molecule has 0 aliphatic carbocycles. The minimum absolute atomic E-state index is 0.211. The van der Waals surface area contributed by atoms with Gasteiger partial charge in [-0.15, -0.1) is 0 Å². The molecule has 2 heterocycles. The van der Waals surface area contributed by atoms with Crippen LogP contribution in [0.15, 0.2) is 71.8 Å². The van der Waals surface area contributed by atoms with Gasteiger partial charge in [0.15, 0.2) is 0 Å². The Labute approximate surface area is 192 Å². The van der Waals surface area contributed by atoms with Gasteiger partial charge in [-0.25, -0.2) is 0 Å². The molecule has 1 aromatic heterocycles. The molecule has 0 radical (unpaired) electrons. The molecule has 0 saturated carbocycles. The Morgan fingerprint density at radius 3 is 2.41 bits per heavy atom. The first-order valence-corrected chi connectivity index (χ1v) is 11.1. The van der Waals surface area contributed by atoms with Gasteiger partial charge < -0.3 is 14.2 Å². The van der Waals surface area contributed by atoms with Crippen LogP contribution < -0.4 is 9.64 Å². The van der Waals surface area contributed by atoms with Gasteiger partial charge in [0.2, 0.25) is 0 Å². The van der Waals surface area contributed by atoms with Crippen molar-refractivity contribution in [3.05, 3.63) is 83.0 Å². The Morgan fingerprint density at radius 2 is 1.72 bits per heavy atom. The number of aromatic nitrogens is 1. The van der Waals surface area contributed by atoms with Crippen molar-refractivity contribution in [2.24, 2.45) is 0 Å². The lowest BCUT2D eigenvalue weighted by Gasteiger charge is -2.14. The molecule has 4 rings (SSSR count). The second-order valence-corrected chi connectivity index (χ2v) is 8.70. The van der Waals surface area contributed by atoms with Crippen molar-refractivity contribution >= 4 is 34.7 Å². The summed E-state index contributed by atoms with van der Waals surface area (Å²) in [6.07, 6.45) is 3.71. The molecule has 2 aromatic carbocycles. The minimum Gasteiger partial charge on any atom is -0.492 e. The van der Waals surface area contributed by atoms with E-state index in [2.05, 4.69) is 0 Å². The lowest BCUT2D eigenvalue weighted by molar-refractivity contribution is -0.123. The number of aryl methyl sites for hydroxylation is 1. The molecule has 0 spiro atoms. The molecule has 6 nitrogen and oxygen atoms in total. The van der Waals surface area contributed by atoms with Crippen LogP contribution in [-0.4, -0.2) is 47.9 Å². The van der Waals surface area contributed by atoms with E-state index in [0.717, 1.165) is 40.1 Å². The van der Waals surface area contributed by atoms with Crippen molar-refractivity contribution < 1.29 is 14.3 Å². The normalized spacial score (nSPS) is 15.0.